The van der Waals surface area contributed by atoms with Crippen LogP contribution in [-0.2, 0) is 0 Å². The third kappa shape index (κ3) is 3.96. The minimum Gasteiger partial charge on any atom is -0.494 e. The molecule has 0 heterocycles. The highest BCUT2D eigenvalue weighted by Gasteiger charge is 2.45. The zero-order valence-corrected chi connectivity index (χ0v) is 18.2. The fourth-order valence-electron chi connectivity index (χ4n) is 6.08. The molecule has 4 rings (SSSR count). The third-order valence-electron chi connectivity index (χ3n) is 7.60. The lowest BCUT2D eigenvalue weighted by molar-refractivity contribution is 0.317. The predicted molar refractivity (Wildman–Crippen MR) is 114 cm³/mol. The third-order valence-corrected chi connectivity index (χ3v) is 7.60. The van der Waals surface area contributed by atoms with Crippen LogP contribution in [0.5, 0.6) is 5.75 Å². The van der Waals surface area contributed by atoms with Gasteiger partial charge in [-0.1, -0.05) is 44.7 Å². The molecule has 0 N–H and O–H groups in total. The monoisotopic (exact) mass is 434 g/mol. The molecule has 168 valence electrons. The largest absolute Gasteiger partial charge is 0.494 e. The Kier molecular flexibility index (Phi) is 6.59. The van der Waals surface area contributed by atoms with Crippen LogP contribution in [-0.4, -0.2) is 7.11 Å². The molecule has 2 aliphatic rings. The standard InChI is InChI=1S/C26H30F4O/c1-3-4-5-6-15-7-8-17-16(15)9-10-18(17)19-11-12-20(24(28)23(19)27)21-13-14-22(31-2)26(30)25(21)29/h11-18H,3-10H2,1-2H3. The average Bonchev–Trinajstić information content (AvgIpc) is 3.36. The van der Waals surface area contributed by atoms with Gasteiger partial charge in [0.25, 0.3) is 0 Å². The van der Waals surface area contributed by atoms with E-state index in [1.807, 2.05) is 0 Å². The average molecular weight is 435 g/mol. The number of hydrogen-bond acceptors (Lipinski definition) is 1. The quantitative estimate of drug-likeness (QED) is 0.317. The molecule has 2 saturated carbocycles. The summed E-state index contributed by atoms with van der Waals surface area (Å²) in [6, 6.07) is 5.40. The Morgan fingerprint density at radius 2 is 1.45 bits per heavy atom. The van der Waals surface area contributed by atoms with Crippen LogP contribution in [0.25, 0.3) is 11.1 Å². The minimum absolute atomic E-state index is 0.00201. The maximum absolute atomic E-state index is 15.2. The van der Waals surface area contributed by atoms with Crippen molar-refractivity contribution in [2.24, 2.45) is 17.8 Å². The molecule has 0 amide bonds. The lowest BCUT2D eigenvalue weighted by atomic mass is 9.83. The summed E-state index contributed by atoms with van der Waals surface area (Å²) in [6.45, 7) is 2.20. The summed E-state index contributed by atoms with van der Waals surface area (Å²) in [4.78, 5) is 0. The fourth-order valence-corrected chi connectivity index (χ4v) is 6.08. The van der Waals surface area contributed by atoms with Crippen molar-refractivity contribution >= 4 is 0 Å². The second-order valence-electron chi connectivity index (χ2n) is 9.12. The van der Waals surface area contributed by atoms with E-state index < -0.39 is 23.3 Å². The summed E-state index contributed by atoms with van der Waals surface area (Å²) in [5.74, 6) is -3.06. The van der Waals surface area contributed by atoms with Crippen LogP contribution in [0.15, 0.2) is 24.3 Å². The highest BCUT2D eigenvalue weighted by atomic mass is 19.2. The maximum atomic E-state index is 15.2. The molecule has 2 aromatic rings. The molecule has 0 bridgehead atoms. The van der Waals surface area contributed by atoms with E-state index in [0.29, 0.717) is 23.3 Å². The summed E-state index contributed by atoms with van der Waals surface area (Å²) < 4.78 is 63.5. The second-order valence-corrected chi connectivity index (χ2v) is 9.12. The topological polar surface area (TPSA) is 9.23 Å². The van der Waals surface area contributed by atoms with E-state index in [-0.39, 0.29) is 22.8 Å². The smallest absolute Gasteiger partial charge is 0.201 e. The first kappa shape index (κ1) is 22.2. The van der Waals surface area contributed by atoms with Crippen molar-refractivity contribution in [3.05, 3.63) is 53.1 Å². The van der Waals surface area contributed by atoms with E-state index in [2.05, 4.69) is 6.92 Å². The van der Waals surface area contributed by atoms with Crippen LogP contribution in [0.3, 0.4) is 0 Å². The zero-order chi connectivity index (χ0) is 22.1. The number of benzene rings is 2. The first-order valence-corrected chi connectivity index (χ1v) is 11.5. The van der Waals surface area contributed by atoms with Gasteiger partial charge in [-0.2, -0.15) is 4.39 Å². The van der Waals surface area contributed by atoms with Gasteiger partial charge in [0.2, 0.25) is 5.82 Å². The van der Waals surface area contributed by atoms with Crippen LogP contribution in [0, 0.1) is 41.0 Å². The number of ether oxygens (including phenoxy) is 1. The van der Waals surface area contributed by atoms with Gasteiger partial charge in [0.05, 0.1) is 7.11 Å². The summed E-state index contributed by atoms with van der Waals surface area (Å²) >= 11 is 0. The number of rotatable bonds is 7. The Morgan fingerprint density at radius 1 is 0.774 bits per heavy atom. The summed E-state index contributed by atoms with van der Waals surface area (Å²) in [7, 11) is 1.22. The number of fused-ring (bicyclic) bond motifs is 1. The molecule has 2 fully saturated rings. The highest BCUT2D eigenvalue weighted by molar-refractivity contribution is 5.66. The van der Waals surface area contributed by atoms with Crippen molar-refractivity contribution in [1.82, 2.24) is 0 Å². The molecule has 5 heteroatoms. The predicted octanol–water partition coefficient (Wildman–Crippen LogP) is 8.02. The SMILES string of the molecule is CCCCCC1CCC2C(c3ccc(-c4ccc(OC)c(F)c4F)c(F)c3F)CCC12. The van der Waals surface area contributed by atoms with E-state index >= 15 is 8.78 Å². The Labute approximate surface area is 181 Å². The van der Waals surface area contributed by atoms with Crippen molar-refractivity contribution in [3.8, 4) is 16.9 Å². The van der Waals surface area contributed by atoms with Crippen molar-refractivity contribution in [3.63, 3.8) is 0 Å². The fraction of sp³-hybridized carbons (Fsp3) is 0.538. The summed E-state index contributed by atoms with van der Waals surface area (Å²) in [5, 5.41) is 0. The van der Waals surface area contributed by atoms with Crippen molar-refractivity contribution in [2.45, 2.75) is 64.2 Å². The summed E-state index contributed by atoms with van der Waals surface area (Å²) in [5.41, 5.74) is -0.182. The molecular formula is C26H30F4O. The first-order chi connectivity index (χ1) is 15.0. The lowest BCUT2D eigenvalue weighted by Gasteiger charge is -2.22. The molecule has 0 aromatic heterocycles. The molecule has 31 heavy (non-hydrogen) atoms. The molecular weight excluding hydrogens is 404 g/mol. The van der Waals surface area contributed by atoms with E-state index in [4.69, 9.17) is 4.74 Å². The Balaban J connectivity index is 1.59. The van der Waals surface area contributed by atoms with Crippen LogP contribution >= 0.6 is 0 Å². The normalized spacial score (nSPS) is 25.1. The molecule has 0 aliphatic heterocycles. The molecule has 4 atom stereocenters. The summed E-state index contributed by atoms with van der Waals surface area (Å²) in [6.07, 6.45) is 9.10. The van der Waals surface area contributed by atoms with Crippen molar-refractivity contribution in [1.29, 1.82) is 0 Å². The van der Waals surface area contributed by atoms with Crippen molar-refractivity contribution in [2.75, 3.05) is 7.11 Å². The number of hydrogen-bond donors (Lipinski definition) is 0. The van der Waals surface area contributed by atoms with Gasteiger partial charge in [-0.15, -0.1) is 0 Å². The van der Waals surface area contributed by atoms with Gasteiger partial charge in [0, 0.05) is 11.1 Å². The number of methoxy groups -OCH3 is 1. The maximum Gasteiger partial charge on any atom is 0.201 e. The second kappa shape index (κ2) is 9.22. The van der Waals surface area contributed by atoms with Gasteiger partial charge in [-0.3, -0.25) is 0 Å². The van der Waals surface area contributed by atoms with E-state index in [1.54, 1.807) is 6.07 Å². The van der Waals surface area contributed by atoms with Crippen LogP contribution < -0.4 is 4.74 Å². The van der Waals surface area contributed by atoms with Gasteiger partial charge >= 0.3 is 0 Å². The molecule has 2 aliphatic carbocycles. The Hall–Kier alpha value is -2.04. The van der Waals surface area contributed by atoms with Crippen LogP contribution in [0.2, 0.25) is 0 Å². The van der Waals surface area contributed by atoms with Gasteiger partial charge < -0.3 is 4.74 Å². The molecule has 4 unspecified atom stereocenters. The lowest BCUT2D eigenvalue weighted by Crippen LogP contribution is -2.14. The minimum atomic E-state index is -1.24. The van der Waals surface area contributed by atoms with Gasteiger partial charge in [0.15, 0.2) is 23.2 Å². The first-order valence-electron chi connectivity index (χ1n) is 11.5. The van der Waals surface area contributed by atoms with E-state index in [1.165, 1.54) is 57.4 Å². The highest BCUT2D eigenvalue weighted by Crippen LogP contribution is 2.56. The van der Waals surface area contributed by atoms with Gasteiger partial charge in [-0.25, -0.2) is 13.2 Å². The molecule has 2 aromatic carbocycles. The van der Waals surface area contributed by atoms with E-state index in [9.17, 15) is 8.78 Å². The molecule has 0 radical (unpaired) electrons. The van der Waals surface area contributed by atoms with Gasteiger partial charge in [-0.05, 0) is 67.1 Å². The molecule has 1 nitrogen and oxygen atoms in total. The molecule has 0 saturated heterocycles. The van der Waals surface area contributed by atoms with E-state index in [0.717, 1.165) is 19.3 Å². The number of unbranched alkanes of at least 4 members (excludes halogenated alkanes) is 2. The molecule has 0 spiro atoms. The Morgan fingerprint density at radius 3 is 2.16 bits per heavy atom. The Bertz CT molecular complexity index is 941. The number of halogens is 4. The van der Waals surface area contributed by atoms with Crippen LogP contribution in [0.4, 0.5) is 17.6 Å². The zero-order valence-electron chi connectivity index (χ0n) is 18.2. The van der Waals surface area contributed by atoms with Crippen molar-refractivity contribution < 1.29 is 22.3 Å². The van der Waals surface area contributed by atoms with Gasteiger partial charge in [0.1, 0.15) is 0 Å². The van der Waals surface area contributed by atoms with Crippen LogP contribution in [0.1, 0.15) is 69.8 Å².